The lowest BCUT2D eigenvalue weighted by Crippen LogP contribution is -2.02. The fraction of sp³-hybridized carbons (Fsp3) is 0.0500. The average Bonchev–Trinajstić information content (AvgIpc) is 3.75. The van der Waals surface area contributed by atoms with Gasteiger partial charge in [0, 0.05) is 34.4 Å². The summed E-state index contributed by atoms with van der Waals surface area (Å²) in [7, 11) is 0. The number of aliphatic imine (C=N–C) groups is 1. The van der Waals surface area contributed by atoms with Crippen LogP contribution in [0.1, 0.15) is 5.56 Å². The zero-order valence-corrected chi connectivity index (χ0v) is 23.9. The number of para-hydroxylation sites is 1. The predicted molar refractivity (Wildman–Crippen MR) is 182 cm³/mol. The molecule has 8 aromatic rings. The zero-order valence-electron chi connectivity index (χ0n) is 23.9. The Morgan fingerprint density at radius 3 is 2.16 bits per heavy atom. The highest BCUT2D eigenvalue weighted by Gasteiger charge is 2.20. The van der Waals surface area contributed by atoms with E-state index >= 15 is 0 Å². The van der Waals surface area contributed by atoms with Gasteiger partial charge in [-0.15, -0.1) is 0 Å². The molecule has 0 fully saturated rings. The van der Waals surface area contributed by atoms with Gasteiger partial charge in [-0.1, -0.05) is 91.0 Å². The Morgan fingerprint density at radius 1 is 0.545 bits per heavy atom. The third kappa shape index (κ3) is 3.92. The predicted octanol–water partition coefficient (Wildman–Crippen LogP) is 9.60. The van der Waals surface area contributed by atoms with Crippen molar-refractivity contribution in [1.29, 1.82) is 0 Å². The molecule has 0 amide bonds. The minimum Gasteiger partial charge on any atom is -0.475 e. The van der Waals surface area contributed by atoms with Crippen molar-refractivity contribution in [2.24, 2.45) is 4.99 Å². The first-order chi connectivity index (χ1) is 21.8. The average molecular weight is 566 g/mol. The fourth-order valence-electron chi connectivity index (χ4n) is 6.73. The van der Waals surface area contributed by atoms with E-state index < -0.39 is 0 Å². The van der Waals surface area contributed by atoms with E-state index in [9.17, 15) is 0 Å². The van der Waals surface area contributed by atoms with Gasteiger partial charge in [0.15, 0.2) is 0 Å². The lowest BCUT2D eigenvalue weighted by molar-refractivity contribution is 0.348. The largest absolute Gasteiger partial charge is 0.475 e. The molecular weight excluding hydrogens is 538 g/mol. The summed E-state index contributed by atoms with van der Waals surface area (Å²) < 4.78 is 8.19. The summed E-state index contributed by atoms with van der Waals surface area (Å²) in [5, 5.41) is 7.39. The molecular formula is C40H27N3O. The molecule has 0 saturated carbocycles. The van der Waals surface area contributed by atoms with Crippen LogP contribution in [0.15, 0.2) is 145 Å². The van der Waals surface area contributed by atoms with E-state index in [0.29, 0.717) is 19.0 Å². The van der Waals surface area contributed by atoms with Gasteiger partial charge in [0.1, 0.15) is 6.61 Å². The molecule has 0 aliphatic carbocycles. The van der Waals surface area contributed by atoms with Gasteiger partial charge in [0.2, 0.25) is 5.90 Å². The molecule has 4 nitrogen and oxygen atoms in total. The van der Waals surface area contributed by atoms with E-state index in [1.807, 2.05) is 12.4 Å². The Balaban J connectivity index is 1.35. The minimum absolute atomic E-state index is 0.618. The van der Waals surface area contributed by atoms with Crippen LogP contribution in [-0.2, 0) is 4.74 Å². The highest BCUT2D eigenvalue weighted by atomic mass is 16.5. The van der Waals surface area contributed by atoms with Crippen molar-refractivity contribution in [3.8, 4) is 27.9 Å². The number of fused-ring (bicyclic) bond motifs is 6. The van der Waals surface area contributed by atoms with E-state index in [-0.39, 0.29) is 0 Å². The van der Waals surface area contributed by atoms with Crippen LogP contribution in [0.3, 0.4) is 0 Å². The quantitative estimate of drug-likeness (QED) is 0.213. The van der Waals surface area contributed by atoms with Gasteiger partial charge >= 0.3 is 0 Å². The molecule has 4 heteroatoms. The van der Waals surface area contributed by atoms with Crippen LogP contribution in [-0.4, -0.2) is 28.6 Å². The van der Waals surface area contributed by atoms with E-state index in [4.69, 9.17) is 4.74 Å². The Morgan fingerprint density at radius 2 is 1.30 bits per heavy atom. The lowest BCUT2D eigenvalue weighted by Gasteiger charge is -2.13. The molecule has 2 aromatic heterocycles. The molecule has 44 heavy (non-hydrogen) atoms. The van der Waals surface area contributed by atoms with Crippen molar-refractivity contribution < 1.29 is 4.74 Å². The number of nitrogens with zero attached hydrogens (tertiary/aromatic N) is 3. The summed E-state index contributed by atoms with van der Waals surface area (Å²) in [6, 6.07) is 46.0. The third-order valence-corrected chi connectivity index (χ3v) is 8.75. The van der Waals surface area contributed by atoms with Crippen LogP contribution in [0, 0.1) is 0 Å². The molecule has 3 heterocycles. The minimum atomic E-state index is 0.618. The van der Waals surface area contributed by atoms with Crippen LogP contribution >= 0.6 is 0 Å². The first-order valence-electron chi connectivity index (χ1n) is 15.0. The Hall–Kier alpha value is -5.74. The standard InChI is InChI=1S/C40H27N3O/c1-2-10-32(11-3-1)43-37-22-29(28-15-14-26-8-4-5-9-27(26)20-28)16-17-35(37)39-34-13-7-6-12-33(34)36(23-38(39)43)30-21-31(25-41-24-30)40-42-18-19-44-40/h1-17,20-25H,18-19H2. The van der Waals surface area contributed by atoms with E-state index in [1.54, 1.807) is 0 Å². The highest BCUT2D eigenvalue weighted by Crippen LogP contribution is 2.42. The summed E-state index contributed by atoms with van der Waals surface area (Å²) >= 11 is 0. The van der Waals surface area contributed by atoms with Crippen LogP contribution in [0.25, 0.3) is 71.3 Å². The maximum atomic E-state index is 5.78. The number of benzene rings is 6. The van der Waals surface area contributed by atoms with Gasteiger partial charge in [-0.2, -0.15) is 0 Å². The second-order valence-electron chi connectivity index (χ2n) is 11.3. The summed E-state index contributed by atoms with van der Waals surface area (Å²) in [6.07, 6.45) is 3.78. The van der Waals surface area contributed by atoms with Gasteiger partial charge in [0.05, 0.1) is 23.1 Å². The van der Waals surface area contributed by atoms with Gasteiger partial charge in [-0.05, 0) is 74.6 Å². The van der Waals surface area contributed by atoms with Crippen LogP contribution in [0.4, 0.5) is 0 Å². The molecule has 9 rings (SSSR count). The van der Waals surface area contributed by atoms with Crippen LogP contribution < -0.4 is 0 Å². The van der Waals surface area contributed by atoms with Gasteiger partial charge in [0.25, 0.3) is 0 Å². The van der Waals surface area contributed by atoms with Gasteiger partial charge in [-0.3, -0.25) is 4.98 Å². The highest BCUT2D eigenvalue weighted by molar-refractivity contribution is 6.24. The number of ether oxygens (including phenoxy) is 1. The maximum Gasteiger partial charge on any atom is 0.217 e. The molecule has 0 atom stereocenters. The second-order valence-corrected chi connectivity index (χ2v) is 11.3. The summed E-state index contributed by atoms with van der Waals surface area (Å²) in [4.78, 5) is 9.15. The van der Waals surface area contributed by atoms with Gasteiger partial charge < -0.3 is 9.30 Å². The first-order valence-corrected chi connectivity index (χ1v) is 15.0. The van der Waals surface area contributed by atoms with Crippen LogP contribution in [0.5, 0.6) is 0 Å². The van der Waals surface area contributed by atoms with Crippen molar-refractivity contribution in [2.45, 2.75) is 0 Å². The van der Waals surface area contributed by atoms with E-state index in [0.717, 1.165) is 27.9 Å². The second kappa shape index (κ2) is 9.92. The normalized spacial score (nSPS) is 13.1. The SMILES string of the molecule is c1ccc(-n2c3cc(-c4ccc5ccccc5c4)ccc3c3c4ccccc4c(-c4cncc(C5=NCCO5)c4)cc32)cc1. The summed E-state index contributed by atoms with van der Waals surface area (Å²) in [5.41, 5.74) is 8.97. The molecule has 1 aliphatic rings. The molecule has 0 saturated heterocycles. The molecule has 0 unspecified atom stereocenters. The fourth-order valence-corrected chi connectivity index (χ4v) is 6.73. The third-order valence-electron chi connectivity index (χ3n) is 8.75. The summed E-state index contributed by atoms with van der Waals surface area (Å²) in [6.45, 7) is 1.31. The topological polar surface area (TPSA) is 39.4 Å². The number of aromatic nitrogens is 2. The molecule has 0 N–H and O–H groups in total. The molecule has 6 aromatic carbocycles. The molecule has 208 valence electrons. The Kier molecular flexibility index (Phi) is 5.60. The van der Waals surface area contributed by atoms with E-state index in [1.165, 1.54) is 49.0 Å². The van der Waals surface area contributed by atoms with Gasteiger partial charge in [-0.25, -0.2) is 4.99 Å². The molecule has 0 spiro atoms. The number of hydrogen-bond acceptors (Lipinski definition) is 3. The Bertz CT molecular complexity index is 2420. The van der Waals surface area contributed by atoms with Crippen LogP contribution in [0.2, 0.25) is 0 Å². The van der Waals surface area contributed by atoms with Crippen molar-refractivity contribution in [3.63, 3.8) is 0 Å². The molecule has 1 aliphatic heterocycles. The Labute approximate surface area is 254 Å². The van der Waals surface area contributed by atoms with Crippen molar-refractivity contribution in [3.05, 3.63) is 145 Å². The van der Waals surface area contributed by atoms with Crippen molar-refractivity contribution >= 4 is 49.2 Å². The number of rotatable bonds is 4. The zero-order chi connectivity index (χ0) is 29.0. The monoisotopic (exact) mass is 565 g/mol. The smallest absolute Gasteiger partial charge is 0.217 e. The summed E-state index contributed by atoms with van der Waals surface area (Å²) in [5.74, 6) is 0.671. The number of hydrogen-bond donors (Lipinski definition) is 0. The first kappa shape index (κ1) is 24.8. The number of pyridine rings is 1. The van der Waals surface area contributed by atoms with Crippen molar-refractivity contribution in [2.75, 3.05) is 13.2 Å². The molecule has 0 bridgehead atoms. The van der Waals surface area contributed by atoms with E-state index in [2.05, 4.69) is 142 Å². The van der Waals surface area contributed by atoms with Crippen molar-refractivity contribution in [1.82, 2.24) is 9.55 Å². The maximum absolute atomic E-state index is 5.78. The lowest BCUT2D eigenvalue weighted by atomic mass is 9.94. The molecule has 0 radical (unpaired) electrons.